The molecule has 0 aliphatic heterocycles. The van der Waals surface area contributed by atoms with Crippen LogP contribution in [0.2, 0.25) is 0 Å². The number of rotatable bonds is 7. The van der Waals surface area contributed by atoms with E-state index in [1.807, 2.05) is 19.9 Å². The molecule has 0 atom stereocenters. The van der Waals surface area contributed by atoms with Gasteiger partial charge in [0.1, 0.15) is 0 Å². The Morgan fingerprint density at radius 2 is 1.62 bits per heavy atom. The van der Waals surface area contributed by atoms with E-state index in [0.29, 0.717) is 11.3 Å². The van der Waals surface area contributed by atoms with Gasteiger partial charge >= 0.3 is 0 Å². The van der Waals surface area contributed by atoms with Crippen molar-refractivity contribution in [2.24, 2.45) is 0 Å². The summed E-state index contributed by atoms with van der Waals surface area (Å²) in [6, 6.07) is 11.1. The first-order chi connectivity index (χ1) is 13.5. The number of hydrogen-bond donors (Lipinski definition) is 2. The normalized spacial score (nSPS) is 11.6. The largest absolute Gasteiger partial charge is 0.343 e. The highest BCUT2D eigenvalue weighted by Crippen LogP contribution is 2.19. The number of anilines is 1. The molecule has 0 fully saturated rings. The average Bonchev–Trinajstić information content (AvgIpc) is 2.67. The molecule has 29 heavy (non-hydrogen) atoms. The number of carbonyl (C=O) groups excluding carboxylic acids is 2. The Morgan fingerprint density at radius 1 is 1.00 bits per heavy atom. The van der Waals surface area contributed by atoms with Gasteiger partial charge in [0.05, 0.1) is 11.4 Å². The fourth-order valence-corrected chi connectivity index (χ4v) is 3.87. The van der Waals surface area contributed by atoms with E-state index in [2.05, 4.69) is 10.6 Å². The van der Waals surface area contributed by atoms with Crippen LogP contribution in [0.4, 0.5) is 5.69 Å². The highest BCUT2D eigenvalue weighted by molar-refractivity contribution is 7.89. The molecule has 2 N–H and O–H groups in total. The van der Waals surface area contributed by atoms with Crippen molar-refractivity contribution in [1.82, 2.24) is 9.62 Å². The lowest BCUT2D eigenvalue weighted by atomic mass is 10.1. The molecule has 0 saturated carbocycles. The van der Waals surface area contributed by atoms with Crippen LogP contribution in [-0.4, -0.2) is 44.2 Å². The molecule has 0 aliphatic carbocycles. The summed E-state index contributed by atoms with van der Waals surface area (Å²) >= 11 is 0. The third kappa shape index (κ3) is 5.65. The lowest BCUT2D eigenvalue weighted by molar-refractivity contribution is -0.115. The number of amides is 2. The average molecular weight is 418 g/mol. The van der Waals surface area contributed by atoms with Crippen molar-refractivity contribution in [1.29, 1.82) is 0 Å². The number of aryl methyl sites for hydroxylation is 2. The van der Waals surface area contributed by atoms with Crippen LogP contribution in [0.15, 0.2) is 47.4 Å². The van der Waals surface area contributed by atoms with Gasteiger partial charge in [-0.1, -0.05) is 6.07 Å². The summed E-state index contributed by atoms with van der Waals surface area (Å²) in [5.74, 6) is -0.737. The summed E-state index contributed by atoms with van der Waals surface area (Å²) < 4.78 is 26.2. The summed E-state index contributed by atoms with van der Waals surface area (Å²) in [7, 11) is -2.06. The molecule has 0 aromatic heterocycles. The fourth-order valence-electron chi connectivity index (χ4n) is 2.50. The molecule has 8 heteroatoms. The smallest absolute Gasteiger partial charge is 0.251 e. The Balaban J connectivity index is 1.95. The van der Waals surface area contributed by atoms with Gasteiger partial charge < -0.3 is 10.6 Å². The minimum Gasteiger partial charge on any atom is -0.343 e. The van der Waals surface area contributed by atoms with Gasteiger partial charge in [-0.3, -0.25) is 9.59 Å². The minimum absolute atomic E-state index is 0.148. The second-order valence-electron chi connectivity index (χ2n) is 7.17. The fraction of sp³-hybridized carbons (Fsp3) is 0.333. The molecule has 0 radical (unpaired) electrons. The van der Waals surface area contributed by atoms with Crippen molar-refractivity contribution >= 4 is 27.5 Å². The Labute approximate surface area is 172 Å². The molecule has 156 valence electrons. The van der Waals surface area contributed by atoms with Crippen LogP contribution in [0.5, 0.6) is 0 Å². The first kappa shape index (κ1) is 22.6. The van der Waals surface area contributed by atoms with Crippen molar-refractivity contribution in [2.75, 3.05) is 18.9 Å². The molecule has 0 saturated heterocycles. The zero-order chi connectivity index (χ0) is 21.8. The van der Waals surface area contributed by atoms with Gasteiger partial charge in [0.15, 0.2) is 0 Å². The summed E-state index contributed by atoms with van der Waals surface area (Å²) in [5, 5.41) is 5.21. The first-order valence-electron chi connectivity index (χ1n) is 9.25. The van der Waals surface area contributed by atoms with Gasteiger partial charge in [0, 0.05) is 24.3 Å². The van der Waals surface area contributed by atoms with Gasteiger partial charge in [0.25, 0.3) is 5.91 Å². The van der Waals surface area contributed by atoms with Crippen LogP contribution in [0, 0.1) is 13.8 Å². The van der Waals surface area contributed by atoms with E-state index in [9.17, 15) is 18.0 Å². The van der Waals surface area contributed by atoms with E-state index >= 15 is 0 Å². The molecule has 0 heterocycles. The topological polar surface area (TPSA) is 95.6 Å². The lowest BCUT2D eigenvalue weighted by Gasteiger charge is -2.21. The maximum absolute atomic E-state index is 12.5. The van der Waals surface area contributed by atoms with Crippen LogP contribution in [0.3, 0.4) is 0 Å². The third-order valence-corrected chi connectivity index (χ3v) is 6.77. The van der Waals surface area contributed by atoms with Crippen molar-refractivity contribution in [3.63, 3.8) is 0 Å². The Morgan fingerprint density at radius 3 is 2.17 bits per heavy atom. The van der Waals surface area contributed by atoms with Gasteiger partial charge in [-0.25, -0.2) is 8.42 Å². The molecular formula is C21H27N3O4S. The molecule has 0 aliphatic rings. The van der Waals surface area contributed by atoms with Crippen LogP contribution in [-0.2, 0) is 14.8 Å². The van der Waals surface area contributed by atoms with Crippen molar-refractivity contribution in [3.05, 3.63) is 59.2 Å². The lowest BCUT2D eigenvalue weighted by Crippen LogP contribution is -2.33. The van der Waals surface area contributed by atoms with Crippen molar-refractivity contribution < 1.29 is 18.0 Å². The van der Waals surface area contributed by atoms with Gasteiger partial charge in [0.2, 0.25) is 15.9 Å². The summed E-state index contributed by atoms with van der Waals surface area (Å²) in [6.07, 6.45) is 0. The van der Waals surface area contributed by atoms with Gasteiger partial charge in [-0.05, 0) is 75.2 Å². The van der Waals surface area contributed by atoms with Crippen LogP contribution >= 0.6 is 0 Å². The van der Waals surface area contributed by atoms with E-state index in [4.69, 9.17) is 0 Å². The minimum atomic E-state index is -3.58. The number of nitrogens with one attached hydrogen (secondary N) is 2. The summed E-state index contributed by atoms with van der Waals surface area (Å²) in [5.41, 5.74) is 3.02. The van der Waals surface area contributed by atoms with Crippen molar-refractivity contribution in [3.8, 4) is 0 Å². The van der Waals surface area contributed by atoms with E-state index in [0.717, 1.165) is 11.1 Å². The quantitative estimate of drug-likeness (QED) is 0.724. The highest BCUT2D eigenvalue weighted by atomic mass is 32.2. The number of benzene rings is 2. The van der Waals surface area contributed by atoms with Crippen LogP contribution < -0.4 is 10.6 Å². The van der Waals surface area contributed by atoms with Gasteiger partial charge in [-0.15, -0.1) is 0 Å². The monoisotopic (exact) mass is 417 g/mol. The SMILES string of the molecule is Cc1ccc(C(=O)NCC(=O)Nc2ccc(S(=O)(=O)N(C)C(C)C)cc2)cc1C. The molecule has 2 aromatic rings. The first-order valence-corrected chi connectivity index (χ1v) is 10.7. The van der Waals surface area contributed by atoms with E-state index in [1.54, 1.807) is 26.0 Å². The maximum Gasteiger partial charge on any atom is 0.251 e. The number of sulfonamides is 1. The van der Waals surface area contributed by atoms with E-state index in [-0.39, 0.29) is 23.4 Å². The summed E-state index contributed by atoms with van der Waals surface area (Å²) in [6.45, 7) is 7.27. The molecule has 2 amide bonds. The Bertz CT molecular complexity index is 999. The highest BCUT2D eigenvalue weighted by Gasteiger charge is 2.22. The van der Waals surface area contributed by atoms with Gasteiger partial charge in [-0.2, -0.15) is 4.31 Å². The molecule has 0 spiro atoms. The molecule has 2 aromatic carbocycles. The van der Waals surface area contributed by atoms with E-state index in [1.165, 1.54) is 35.6 Å². The van der Waals surface area contributed by atoms with Crippen molar-refractivity contribution in [2.45, 2.75) is 38.6 Å². The Hall–Kier alpha value is -2.71. The van der Waals surface area contributed by atoms with Crippen LogP contribution in [0.25, 0.3) is 0 Å². The second kappa shape index (κ2) is 9.19. The standard InChI is InChI=1S/C21H27N3O4S/c1-14(2)24(5)29(27,28)19-10-8-18(9-11-19)23-20(25)13-22-21(26)17-7-6-15(3)16(4)12-17/h6-12,14H,13H2,1-5H3,(H,22,26)(H,23,25). The maximum atomic E-state index is 12.5. The predicted molar refractivity (Wildman–Crippen MR) is 113 cm³/mol. The molecule has 7 nitrogen and oxygen atoms in total. The Kier molecular flexibility index (Phi) is 7.16. The number of carbonyl (C=O) groups is 2. The second-order valence-corrected chi connectivity index (χ2v) is 9.17. The van der Waals surface area contributed by atoms with Crippen LogP contribution in [0.1, 0.15) is 35.3 Å². The zero-order valence-corrected chi connectivity index (χ0v) is 18.1. The molecule has 0 unspecified atom stereocenters. The summed E-state index contributed by atoms with van der Waals surface area (Å²) in [4.78, 5) is 24.4. The molecular weight excluding hydrogens is 390 g/mol. The molecule has 0 bridgehead atoms. The predicted octanol–water partition coefficient (Wildman–Crippen LogP) is 2.70. The molecule has 2 rings (SSSR count). The number of nitrogens with zero attached hydrogens (tertiary/aromatic N) is 1. The number of hydrogen-bond acceptors (Lipinski definition) is 4. The third-order valence-electron chi connectivity index (χ3n) is 4.72. The van der Waals surface area contributed by atoms with E-state index < -0.39 is 15.9 Å². The zero-order valence-electron chi connectivity index (χ0n) is 17.3.